The molecule has 5 rings (SSSR count). The molecule has 1 unspecified atom stereocenters. The van der Waals surface area contributed by atoms with Gasteiger partial charge in [0, 0.05) is 19.0 Å². The van der Waals surface area contributed by atoms with Gasteiger partial charge in [0.15, 0.2) is 5.66 Å². The van der Waals surface area contributed by atoms with E-state index in [1.54, 1.807) is 55.1 Å². The van der Waals surface area contributed by atoms with E-state index in [0.29, 0.717) is 12.8 Å². The molecule has 35 heavy (non-hydrogen) atoms. The standard InChI is InChI=1S/C15H16N4O2S.C11H9FO/c1-15(18-13-7-8-17-10-14(13)19-15)9-11-3-5-12(6-4-11)22(20,21)16-2;12-10-5-3-9(4-6-10)8-11-2-1-7-13-11/h3-8,10,16H,9H2,1-2H3;1-7H,8H2. The topological polar surface area (TPSA) is 96.9 Å². The summed E-state index contributed by atoms with van der Waals surface area (Å²) >= 11 is 0. The van der Waals surface area contributed by atoms with Crippen molar-refractivity contribution < 1.29 is 17.2 Å². The third-order valence-electron chi connectivity index (χ3n) is 5.41. The maximum absolute atomic E-state index is 12.5. The van der Waals surface area contributed by atoms with Gasteiger partial charge in [0.1, 0.15) is 16.9 Å². The molecule has 0 spiro atoms. The first-order valence-electron chi connectivity index (χ1n) is 11.0. The van der Waals surface area contributed by atoms with Crippen LogP contribution in [-0.2, 0) is 22.9 Å². The molecule has 0 saturated carbocycles. The molecule has 0 radical (unpaired) electrons. The molecule has 0 fully saturated rings. The second-order valence-corrected chi connectivity index (χ2v) is 10.1. The summed E-state index contributed by atoms with van der Waals surface area (Å²) < 4.78 is 43.4. The Kier molecular flexibility index (Phi) is 7.18. The highest BCUT2D eigenvalue weighted by Gasteiger charge is 2.25. The van der Waals surface area contributed by atoms with Gasteiger partial charge in [-0.25, -0.2) is 17.5 Å². The second kappa shape index (κ2) is 10.3. The number of hydrogen-bond donors (Lipinski definition) is 1. The zero-order valence-corrected chi connectivity index (χ0v) is 20.2. The van der Waals surface area contributed by atoms with Crippen molar-refractivity contribution in [2.45, 2.75) is 30.3 Å². The highest BCUT2D eigenvalue weighted by Crippen LogP contribution is 2.21. The minimum absolute atomic E-state index is 0.205. The molecular formula is C26H25FN4O3S. The Bertz CT molecular complexity index is 1470. The van der Waals surface area contributed by atoms with E-state index in [1.165, 1.54) is 19.2 Å². The van der Waals surface area contributed by atoms with Gasteiger partial charge in [-0.2, -0.15) is 0 Å². The van der Waals surface area contributed by atoms with Crippen molar-refractivity contribution in [2.75, 3.05) is 7.05 Å². The van der Waals surface area contributed by atoms with E-state index in [-0.39, 0.29) is 10.7 Å². The molecule has 7 nitrogen and oxygen atoms in total. The number of hydrogen-bond acceptors (Lipinski definition) is 6. The van der Waals surface area contributed by atoms with Crippen LogP contribution in [0.4, 0.5) is 4.39 Å². The van der Waals surface area contributed by atoms with E-state index in [1.807, 2.05) is 25.1 Å². The lowest BCUT2D eigenvalue weighted by Crippen LogP contribution is -2.22. The van der Waals surface area contributed by atoms with Crippen LogP contribution in [0.1, 0.15) is 23.8 Å². The van der Waals surface area contributed by atoms with Gasteiger partial charge >= 0.3 is 0 Å². The van der Waals surface area contributed by atoms with Crippen LogP contribution in [0.5, 0.6) is 0 Å². The van der Waals surface area contributed by atoms with Crippen molar-refractivity contribution in [2.24, 2.45) is 9.98 Å². The smallest absolute Gasteiger partial charge is 0.240 e. The molecular weight excluding hydrogens is 467 g/mol. The Balaban J connectivity index is 0.000000189. The first-order valence-corrected chi connectivity index (χ1v) is 12.4. The summed E-state index contributed by atoms with van der Waals surface area (Å²) in [5.41, 5.74) is 1.46. The van der Waals surface area contributed by atoms with Crippen molar-refractivity contribution >= 4 is 10.0 Å². The van der Waals surface area contributed by atoms with Crippen molar-refractivity contribution in [3.63, 3.8) is 0 Å². The molecule has 0 amide bonds. The van der Waals surface area contributed by atoms with E-state index in [0.717, 1.165) is 27.6 Å². The predicted molar refractivity (Wildman–Crippen MR) is 129 cm³/mol. The number of aromatic nitrogens is 1. The molecule has 1 aliphatic heterocycles. The van der Waals surface area contributed by atoms with E-state index in [2.05, 4.69) is 19.7 Å². The molecule has 0 bridgehead atoms. The summed E-state index contributed by atoms with van der Waals surface area (Å²) in [6.45, 7) is 1.95. The minimum Gasteiger partial charge on any atom is -0.469 e. The molecule has 2 aromatic carbocycles. The van der Waals surface area contributed by atoms with Crippen LogP contribution >= 0.6 is 0 Å². The highest BCUT2D eigenvalue weighted by atomic mass is 32.2. The van der Waals surface area contributed by atoms with E-state index >= 15 is 0 Å². The molecule has 1 aliphatic rings. The van der Waals surface area contributed by atoms with Crippen LogP contribution in [0.15, 0.2) is 105 Å². The van der Waals surface area contributed by atoms with Crippen LogP contribution in [0.25, 0.3) is 0 Å². The molecule has 180 valence electrons. The van der Waals surface area contributed by atoms with Crippen LogP contribution in [-0.4, -0.2) is 26.1 Å². The van der Waals surface area contributed by atoms with Crippen LogP contribution < -0.4 is 15.4 Å². The summed E-state index contributed by atoms with van der Waals surface area (Å²) in [5, 5.41) is 1.63. The fourth-order valence-corrected chi connectivity index (χ4v) is 4.42. The molecule has 0 saturated heterocycles. The molecule has 1 atom stereocenters. The van der Waals surface area contributed by atoms with Crippen LogP contribution in [0.3, 0.4) is 0 Å². The third-order valence-corrected chi connectivity index (χ3v) is 6.84. The number of sulfonamides is 1. The van der Waals surface area contributed by atoms with Gasteiger partial charge in [-0.3, -0.25) is 15.0 Å². The van der Waals surface area contributed by atoms with Crippen LogP contribution in [0.2, 0.25) is 0 Å². The number of furan rings is 1. The number of nitrogens with zero attached hydrogens (tertiary/aromatic N) is 3. The fraction of sp³-hybridized carbons (Fsp3) is 0.192. The Morgan fingerprint density at radius 3 is 2.26 bits per heavy atom. The number of rotatable bonds is 6. The van der Waals surface area contributed by atoms with E-state index in [9.17, 15) is 12.8 Å². The SMILES string of the molecule is CNS(=O)(=O)c1ccc(CC2(C)N=c3ccncc3=N2)cc1.Fc1ccc(Cc2ccco2)cc1. The molecule has 0 aliphatic carbocycles. The first-order chi connectivity index (χ1) is 16.8. The Hall–Kier alpha value is -3.69. The molecule has 1 N–H and O–H groups in total. The van der Waals surface area contributed by atoms with Gasteiger partial charge in [-0.15, -0.1) is 0 Å². The molecule has 4 aromatic rings. The Morgan fingerprint density at radius 1 is 0.943 bits per heavy atom. The Labute approximate surface area is 203 Å². The molecule has 3 heterocycles. The number of fused-ring (bicyclic) bond motifs is 1. The van der Waals surface area contributed by atoms with Crippen molar-refractivity contribution in [3.8, 4) is 0 Å². The zero-order chi connectivity index (χ0) is 24.9. The average Bonchev–Trinajstić information content (AvgIpc) is 3.48. The fourth-order valence-electron chi connectivity index (χ4n) is 3.69. The molecule has 9 heteroatoms. The average molecular weight is 493 g/mol. The quantitative estimate of drug-likeness (QED) is 0.447. The lowest BCUT2D eigenvalue weighted by Gasteiger charge is -2.17. The van der Waals surface area contributed by atoms with Crippen molar-refractivity contribution in [1.82, 2.24) is 9.71 Å². The predicted octanol–water partition coefficient (Wildman–Crippen LogP) is 3.21. The number of benzene rings is 2. The van der Waals surface area contributed by atoms with Gasteiger partial charge in [0.25, 0.3) is 0 Å². The summed E-state index contributed by atoms with van der Waals surface area (Å²) in [6, 6.07) is 18.8. The van der Waals surface area contributed by atoms with Gasteiger partial charge in [0.2, 0.25) is 10.0 Å². The van der Waals surface area contributed by atoms with Crippen molar-refractivity contribution in [1.29, 1.82) is 0 Å². The maximum atomic E-state index is 12.5. The normalized spacial score (nSPS) is 16.4. The van der Waals surface area contributed by atoms with Gasteiger partial charge in [-0.05, 0) is 67.6 Å². The number of pyridine rings is 1. The largest absolute Gasteiger partial charge is 0.469 e. The maximum Gasteiger partial charge on any atom is 0.240 e. The van der Waals surface area contributed by atoms with E-state index < -0.39 is 15.7 Å². The summed E-state index contributed by atoms with van der Waals surface area (Å²) in [7, 11) is -2.01. The third kappa shape index (κ3) is 6.26. The monoisotopic (exact) mass is 492 g/mol. The summed E-state index contributed by atoms with van der Waals surface area (Å²) in [4.78, 5) is 13.5. The van der Waals surface area contributed by atoms with Gasteiger partial charge < -0.3 is 4.42 Å². The molecule has 2 aromatic heterocycles. The first kappa shape index (κ1) is 24.4. The lowest BCUT2D eigenvalue weighted by atomic mass is 10.0. The van der Waals surface area contributed by atoms with Crippen molar-refractivity contribution in [3.05, 3.63) is 119 Å². The van der Waals surface area contributed by atoms with Crippen LogP contribution in [0, 0.1) is 5.82 Å². The highest BCUT2D eigenvalue weighted by molar-refractivity contribution is 7.89. The summed E-state index contributed by atoms with van der Waals surface area (Å²) in [5.74, 6) is 0.690. The van der Waals surface area contributed by atoms with E-state index in [4.69, 9.17) is 4.42 Å². The Morgan fingerprint density at radius 2 is 1.63 bits per heavy atom. The zero-order valence-electron chi connectivity index (χ0n) is 19.3. The van der Waals surface area contributed by atoms with Gasteiger partial charge in [-0.1, -0.05) is 24.3 Å². The van der Waals surface area contributed by atoms with Gasteiger partial charge in [0.05, 0.1) is 22.7 Å². The lowest BCUT2D eigenvalue weighted by molar-refractivity contribution is 0.490. The number of halogens is 1. The number of nitrogens with one attached hydrogen (secondary N) is 1. The minimum atomic E-state index is -3.41. The summed E-state index contributed by atoms with van der Waals surface area (Å²) in [6.07, 6.45) is 6.35. The second-order valence-electron chi connectivity index (χ2n) is 8.22.